The molecule has 242 valence electrons. The molecule has 0 spiro atoms. The summed E-state index contributed by atoms with van der Waals surface area (Å²) >= 11 is 0. The second-order valence-corrected chi connectivity index (χ2v) is 13.2. The molecule has 0 unspecified atom stereocenters. The normalized spacial score (nSPS) is 11.5. The third-order valence-electron chi connectivity index (χ3n) is 10.1. The molecule has 0 saturated heterocycles. The van der Waals surface area contributed by atoms with E-state index in [2.05, 4.69) is 163 Å². The number of rotatable bonds is 5. The van der Waals surface area contributed by atoms with Crippen molar-refractivity contribution in [2.45, 2.75) is 0 Å². The van der Waals surface area contributed by atoms with Gasteiger partial charge in [0.2, 0.25) is 0 Å². The fourth-order valence-corrected chi connectivity index (χ4v) is 7.56. The first-order valence-corrected chi connectivity index (χ1v) is 17.6. The molecule has 2 aromatic heterocycles. The Bertz CT molecular complexity index is 2930. The van der Waals surface area contributed by atoms with Gasteiger partial charge in [-0.15, -0.1) is 0 Å². The van der Waals surface area contributed by atoms with Crippen molar-refractivity contribution in [2.75, 3.05) is 0 Å². The lowest BCUT2D eigenvalue weighted by Crippen LogP contribution is -1.96. The van der Waals surface area contributed by atoms with E-state index in [4.69, 9.17) is 9.97 Å². The van der Waals surface area contributed by atoms with Crippen molar-refractivity contribution in [3.63, 3.8) is 0 Å². The first kappa shape index (κ1) is 29.9. The summed E-state index contributed by atoms with van der Waals surface area (Å²) in [6.45, 7) is 0. The van der Waals surface area contributed by atoms with Gasteiger partial charge in [0.05, 0.1) is 16.9 Å². The van der Waals surface area contributed by atoms with Crippen LogP contribution in [0.25, 0.3) is 99.4 Å². The van der Waals surface area contributed by atoms with Crippen LogP contribution in [0.4, 0.5) is 0 Å². The molecular weight excluding hydrogens is 631 g/mol. The lowest BCUT2D eigenvalue weighted by Gasteiger charge is -2.15. The maximum Gasteiger partial charge on any atom is 0.160 e. The predicted molar refractivity (Wildman–Crippen MR) is 217 cm³/mol. The Morgan fingerprint density at radius 2 is 0.942 bits per heavy atom. The van der Waals surface area contributed by atoms with Gasteiger partial charge in [-0.05, 0) is 67.2 Å². The van der Waals surface area contributed by atoms with Gasteiger partial charge in [-0.25, -0.2) is 9.97 Å². The van der Waals surface area contributed by atoms with E-state index >= 15 is 0 Å². The number of aromatic nitrogens is 3. The summed E-state index contributed by atoms with van der Waals surface area (Å²) in [7, 11) is 0. The monoisotopic (exact) mass is 661 g/mol. The summed E-state index contributed by atoms with van der Waals surface area (Å²) in [5.74, 6) is 0.700. The van der Waals surface area contributed by atoms with E-state index in [0.29, 0.717) is 5.82 Å². The summed E-state index contributed by atoms with van der Waals surface area (Å²) in [5, 5.41) is 8.66. The van der Waals surface area contributed by atoms with Crippen LogP contribution in [0, 0.1) is 0 Å². The lowest BCUT2D eigenvalue weighted by atomic mass is 9.89. The Morgan fingerprint density at radius 1 is 0.327 bits per heavy atom. The molecule has 0 aliphatic rings. The van der Waals surface area contributed by atoms with Gasteiger partial charge in [0.15, 0.2) is 5.82 Å². The quantitative estimate of drug-likeness (QED) is 0.136. The van der Waals surface area contributed by atoms with Gasteiger partial charge in [-0.1, -0.05) is 164 Å². The zero-order valence-corrected chi connectivity index (χ0v) is 28.2. The number of nitrogens with zero attached hydrogens (tertiary/aromatic N) is 3. The number of hydrogen-bond donors (Lipinski definition) is 0. The number of pyridine rings is 1. The van der Waals surface area contributed by atoms with Crippen LogP contribution >= 0.6 is 0 Å². The van der Waals surface area contributed by atoms with Crippen molar-refractivity contribution in [1.82, 2.24) is 15.0 Å². The van der Waals surface area contributed by atoms with Crippen molar-refractivity contribution in [2.24, 2.45) is 0 Å². The summed E-state index contributed by atoms with van der Waals surface area (Å²) in [6, 6.07) is 64.4. The smallest absolute Gasteiger partial charge is 0.160 e. The molecule has 0 aliphatic heterocycles. The van der Waals surface area contributed by atoms with Crippen LogP contribution in [-0.2, 0) is 0 Å². The first-order valence-electron chi connectivity index (χ1n) is 17.6. The fraction of sp³-hybridized carbons (Fsp3) is 0. The van der Waals surface area contributed by atoms with Gasteiger partial charge in [0.25, 0.3) is 0 Å². The summed E-state index contributed by atoms with van der Waals surface area (Å²) in [5.41, 5.74) is 10.5. The van der Waals surface area contributed by atoms with Crippen LogP contribution in [0.3, 0.4) is 0 Å². The topological polar surface area (TPSA) is 38.7 Å². The second-order valence-electron chi connectivity index (χ2n) is 13.2. The highest BCUT2D eigenvalue weighted by atomic mass is 14.9. The van der Waals surface area contributed by atoms with Crippen molar-refractivity contribution >= 4 is 43.2 Å². The molecule has 10 rings (SSSR count). The van der Waals surface area contributed by atoms with Crippen LogP contribution in [-0.4, -0.2) is 15.0 Å². The molecule has 0 aliphatic carbocycles. The van der Waals surface area contributed by atoms with E-state index in [1.54, 1.807) is 0 Å². The summed E-state index contributed by atoms with van der Waals surface area (Å²) in [6.07, 6.45) is 1.85. The van der Waals surface area contributed by atoms with Gasteiger partial charge in [0.1, 0.15) is 0 Å². The Balaban J connectivity index is 1.08. The van der Waals surface area contributed by atoms with E-state index in [1.165, 1.54) is 43.4 Å². The van der Waals surface area contributed by atoms with Crippen molar-refractivity contribution in [3.05, 3.63) is 188 Å². The van der Waals surface area contributed by atoms with Gasteiger partial charge in [-0.2, -0.15) is 0 Å². The molecule has 10 aromatic rings. The maximum absolute atomic E-state index is 5.12. The van der Waals surface area contributed by atoms with Gasteiger partial charge in [-0.3, -0.25) is 4.98 Å². The Morgan fingerprint density at radius 3 is 1.71 bits per heavy atom. The molecule has 0 saturated carbocycles. The highest BCUT2D eigenvalue weighted by molar-refractivity contribution is 6.20. The molecule has 2 heterocycles. The van der Waals surface area contributed by atoms with Crippen LogP contribution in [0.1, 0.15) is 0 Å². The van der Waals surface area contributed by atoms with E-state index in [9.17, 15) is 0 Å². The first-order chi connectivity index (χ1) is 25.8. The minimum atomic E-state index is 0.700. The summed E-state index contributed by atoms with van der Waals surface area (Å²) < 4.78 is 0. The third kappa shape index (κ3) is 5.19. The molecular formula is C49H31N3. The molecule has 0 bridgehead atoms. The maximum atomic E-state index is 5.12. The number of para-hydroxylation sites is 1. The summed E-state index contributed by atoms with van der Waals surface area (Å²) in [4.78, 5) is 14.9. The lowest BCUT2D eigenvalue weighted by molar-refractivity contribution is 1.18. The van der Waals surface area contributed by atoms with Crippen LogP contribution < -0.4 is 0 Å². The zero-order valence-electron chi connectivity index (χ0n) is 28.2. The van der Waals surface area contributed by atoms with Gasteiger partial charge >= 0.3 is 0 Å². The number of fused-ring (bicyclic) bond motifs is 5. The number of benzene rings is 8. The number of hydrogen-bond acceptors (Lipinski definition) is 3. The average Bonchev–Trinajstić information content (AvgIpc) is 3.23. The Labute approximate surface area is 301 Å². The highest BCUT2D eigenvalue weighted by Gasteiger charge is 2.15. The Kier molecular flexibility index (Phi) is 7.14. The average molecular weight is 662 g/mol. The molecule has 8 aromatic carbocycles. The molecule has 0 amide bonds. The minimum absolute atomic E-state index is 0.700. The third-order valence-corrected chi connectivity index (χ3v) is 10.1. The molecule has 52 heavy (non-hydrogen) atoms. The van der Waals surface area contributed by atoms with Crippen LogP contribution in [0.15, 0.2) is 188 Å². The Hall–Kier alpha value is -6.97. The van der Waals surface area contributed by atoms with E-state index in [1.807, 2.05) is 30.5 Å². The van der Waals surface area contributed by atoms with Crippen LogP contribution in [0.2, 0.25) is 0 Å². The molecule has 0 atom stereocenters. The van der Waals surface area contributed by atoms with Gasteiger partial charge in [0, 0.05) is 33.8 Å². The molecule has 3 heteroatoms. The van der Waals surface area contributed by atoms with Crippen molar-refractivity contribution < 1.29 is 0 Å². The van der Waals surface area contributed by atoms with E-state index in [-0.39, 0.29) is 0 Å². The molecule has 0 radical (unpaired) electrons. The fourth-order valence-electron chi connectivity index (χ4n) is 7.56. The minimum Gasteiger partial charge on any atom is -0.256 e. The van der Waals surface area contributed by atoms with Crippen molar-refractivity contribution in [1.29, 1.82) is 0 Å². The molecule has 0 fully saturated rings. The second kappa shape index (κ2) is 12.4. The molecule has 3 nitrogen and oxygen atoms in total. The zero-order chi connectivity index (χ0) is 34.4. The highest BCUT2D eigenvalue weighted by Crippen LogP contribution is 2.40. The van der Waals surface area contributed by atoms with Crippen LogP contribution in [0.5, 0.6) is 0 Å². The molecule has 0 N–H and O–H groups in total. The predicted octanol–water partition coefficient (Wildman–Crippen LogP) is 12.8. The van der Waals surface area contributed by atoms with E-state index in [0.717, 1.165) is 50.1 Å². The SMILES string of the molecule is c1ccc(-c2nc(-c3ccc(-c4c5ccccc5cc5c4ccc4ccccc45)cc3)cc(-c3ccc(-c4cccc5cccnc45)cc3)n2)cc1. The largest absolute Gasteiger partial charge is 0.256 e. The van der Waals surface area contributed by atoms with E-state index < -0.39 is 0 Å². The van der Waals surface area contributed by atoms with Gasteiger partial charge < -0.3 is 0 Å². The standard InChI is InChI=1S/C49H31N3/c1-2-11-38(12-3-1)49-51-45(34-21-19-33(20-22-34)42-18-8-14-37-15-9-29-50-48(37)42)31-46(52-49)35-23-25-36(26-24-35)47-41-17-7-5-13-39(41)30-44-40-16-6-4-10-32(40)27-28-43(44)47/h1-31H. The van der Waals surface area contributed by atoms with Crippen molar-refractivity contribution in [3.8, 4) is 56.2 Å².